The number of halogens is 1. The average Bonchev–Trinajstić information content (AvgIpc) is 2.29. The van der Waals surface area contributed by atoms with Crippen molar-refractivity contribution in [2.45, 2.75) is 0 Å². The molecule has 0 bridgehead atoms. The Balaban J connectivity index is 2.72. The summed E-state index contributed by atoms with van der Waals surface area (Å²) in [6.07, 6.45) is 0. The van der Waals surface area contributed by atoms with Crippen LogP contribution in [0.5, 0.6) is 0 Å². The smallest absolute Gasteiger partial charge is 0.344 e. The van der Waals surface area contributed by atoms with Crippen molar-refractivity contribution in [3.8, 4) is 0 Å². The highest BCUT2D eigenvalue weighted by Gasteiger charge is 2.08. The third kappa shape index (κ3) is 1.28. The lowest BCUT2D eigenvalue weighted by molar-refractivity contribution is 0.569. The molecule has 0 spiro atoms. The molecule has 0 aliphatic heterocycles. The molecule has 0 amide bonds. The zero-order chi connectivity index (χ0) is 11.1. The van der Waals surface area contributed by atoms with Crippen molar-refractivity contribution in [1.82, 2.24) is 0 Å². The Morgan fingerprint density at radius 2 is 1.69 bits per heavy atom. The van der Waals surface area contributed by atoms with Crippen LogP contribution in [0.1, 0.15) is 0 Å². The van der Waals surface area contributed by atoms with Gasteiger partial charge < -0.3 is 4.42 Å². The molecule has 0 N–H and O–H groups in total. The van der Waals surface area contributed by atoms with Crippen LogP contribution in [0, 0.1) is 0 Å². The van der Waals surface area contributed by atoms with Crippen LogP contribution < -0.4 is 5.63 Å². The van der Waals surface area contributed by atoms with Crippen molar-refractivity contribution in [3.05, 3.63) is 57.4 Å². The molecule has 0 saturated carbocycles. The maximum absolute atomic E-state index is 11.7. The highest BCUT2D eigenvalue weighted by molar-refractivity contribution is 9.10. The topological polar surface area (TPSA) is 30.2 Å². The molecule has 3 rings (SSSR count). The summed E-state index contributed by atoms with van der Waals surface area (Å²) in [5, 5.41) is 2.47. The first-order valence-electron chi connectivity index (χ1n) is 4.87. The minimum absolute atomic E-state index is 0.291. The monoisotopic (exact) mass is 274 g/mol. The molecule has 0 saturated heterocycles. The van der Waals surface area contributed by atoms with Gasteiger partial charge in [-0.3, -0.25) is 0 Å². The molecule has 0 fully saturated rings. The molecule has 0 radical (unpaired) electrons. The second-order valence-corrected chi connectivity index (χ2v) is 4.40. The number of rotatable bonds is 0. The molecular weight excluding hydrogens is 268 g/mol. The predicted molar refractivity (Wildman–Crippen MR) is 67.7 cm³/mol. The zero-order valence-corrected chi connectivity index (χ0v) is 9.82. The molecule has 3 heteroatoms. The van der Waals surface area contributed by atoms with Gasteiger partial charge in [-0.15, -0.1) is 0 Å². The van der Waals surface area contributed by atoms with E-state index in [0.717, 1.165) is 15.2 Å². The van der Waals surface area contributed by atoms with Crippen molar-refractivity contribution in [2.24, 2.45) is 0 Å². The first-order valence-corrected chi connectivity index (χ1v) is 5.67. The number of hydrogen-bond acceptors (Lipinski definition) is 2. The van der Waals surface area contributed by atoms with Gasteiger partial charge >= 0.3 is 5.63 Å². The highest BCUT2D eigenvalue weighted by atomic mass is 79.9. The van der Waals surface area contributed by atoms with Gasteiger partial charge in [-0.25, -0.2) is 4.79 Å². The van der Waals surface area contributed by atoms with E-state index >= 15 is 0 Å². The molecule has 0 aliphatic carbocycles. The Morgan fingerprint density at radius 3 is 2.50 bits per heavy atom. The van der Waals surface area contributed by atoms with Gasteiger partial charge in [0.1, 0.15) is 5.58 Å². The quantitative estimate of drug-likeness (QED) is 0.462. The second kappa shape index (κ2) is 3.46. The summed E-state index contributed by atoms with van der Waals surface area (Å²) in [7, 11) is 0. The summed E-state index contributed by atoms with van der Waals surface area (Å²) in [6, 6.07) is 13.1. The van der Waals surface area contributed by atoms with Crippen LogP contribution in [-0.4, -0.2) is 0 Å². The first-order chi connectivity index (χ1) is 7.77. The van der Waals surface area contributed by atoms with Gasteiger partial charge in [0.05, 0.1) is 5.39 Å². The molecule has 3 aromatic rings. The number of fused-ring (bicyclic) bond motifs is 3. The van der Waals surface area contributed by atoms with Crippen molar-refractivity contribution in [3.63, 3.8) is 0 Å². The lowest BCUT2D eigenvalue weighted by atomic mass is 10.1. The molecule has 78 valence electrons. The Hall–Kier alpha value is -1.61. The summed E-state index contributed by atoms with van der Waals surface area (Å²) < 4.78 is 6.21. The minimum Gasteiger partial charge on any atom is -0.422 e. The molecule has 2 nitrogen and oxygen atoms in total. The van der Waals surface area contributed by atoms with Gasteiger partial charge in [0, 0.05) is 15.2 Å². The largest absolute Gasteiger partial charge is 0.422 e. The summed E-state index contributed by atoms with van der Waals surface area (Å²) in [6.45, 7) is 0. The molecule has 1 heterocycles. The van der Waals surface area contributed by atoms with Crippen molar-refractivity contribution in [1.29, 1.82) is 0 Å². The molecule has 0 aliphatic rings. The van der Waals surface area contributed by atoms with Crippen molar-refractivity contribution < 1.29 is 4.42 Å². The Kier molecular flexibility index (Phi) is 2.07. The van der Waals surface area contributed by atoms with Gasteiger partial charge in [-0.1, -0.05) is 40.2 Å². The normalized spacial score (nSPS) is 11.1. The lowest BCUT2D eigenvalue weighted by Gasteiger charge is -2.03. The Labute approximate surface area is 99.6 Å². The molecular formula is C13H7BrO2. The van der Waals surface area contributed by atoms with Crippen molar-refractivity contribution >= 4 is 37.7 Å². The van der Waals surface area contributed by atoms with Crippen LogP contribution in [0.2, 0.25) is 0 Å². The Morgan fingerprint density at radius 1 is 0.938 bits per heavy atom. The van der Waals surface area contributed by atoms with Gasteiger partial charge in [-0.05, 0) is 18.2 Å². The van der Waals surface area contributed by atoms with E-state index < -0.39 is 0 Å². The van der Waals surface area contributed by atoms with Gasteiger partial charge in [0.15, 0.2) is 0 Å². The summed E-state index contributed by atoms with van der Waals surface area (Å²) in [5.41, 5.74) is 0.319. The zero-order valence-electron chi connectivity index (χ0n) is 8.24. The van der Waals surface area contributed by atoms with E-state index in [9.17, 15) is 4.79 Å². The highest BCUT2D eigenvalue weighted by Crippen LogP contribution is 2.29. The molecule has 1 aromatic heterocycles. The van der Waals surface area contributed by atoms with E-state index in [4.69, 9.17) is 4.42 Å². The SMILES string of the molecule is O=c1oc2cccc(Br)c2c2ccccc12. The summed E-state index contributed by atoms with van der Waals surface area (Å²) in [5.74, 6) is 0. The fourth-order valence-corrected chi connectivity index (χ4v) is 2.45. The fourth-order valence-electron chi connectivity index (χ4n) is 1.88. The average molecular weight is 275 g/mol. The van der Waals surface area contributed by atoms with Crippen molar-refractivity contribution in [2.75, 3.05) is 0 Å². The Bertz CT molecular complexity index is 744. The standard InChI is InChI=1S/C13H7BrO2/c14-10-6-3-7-11-12(10)8-4-1-2-5-9(8)13(15)16-11/h1-7H. The summed E-state index contributed by atoms with van der Waals surface area (Å²) in [4.78, 5) is 11.7. The third-order valence-corrected chi connectivity index (χ3v) is 3.26. The molecule has 2 aromatic carbocycles. The van der Waals surface area contributed by atoms with E-state index in [-0.39, 0.29) is 5.63 Å². The van der Waals surface area contributed by atoms with Gasteiger partial charge in [0.2, 0.25) is 0 Å². The van der Waals surface area contributed by atoms with Gasteiger partial charge in [0.25, 0.3) is 0 Å². The summed E-state index contributed by atoms with van der Waals surface area (Å²) >= 11 is 3.48. The molecule has 16 heavy (non-hydrogen) atoms. The first kappa shape index (κ1) is 9.60. The van der Waals surface area contributed by atoms with Crippen LogP contribution in [-0.2, 0) is 0 Å². The van der Waals surface area contributed by atoms with E-state index in [1.54, 1.807) is 12.1 Å². The number of benzene rings is 2. The molecule has 0 atom stereocenters. The molecule has 0 unspecified atom stereocenters. The number of hydrogen-bond donors (Lipinski definition) is 0. The van der Waals surface area contributed by atoms with E-state index in [1.807, 2.05) is 30.3 Å². The maximum Gasteiger partial charge on any atom is 0.344 e. The van der Waals surface area contributed by atoms with Gasteiger partial charge in [-0.2, -0.15) is 0 Å². The van der Waals surface area contributed by atoms with Crippen LogP contribution in [0.25, 0.3) is 21.7 Å². The predicted octanol–water partition coefficient (Wildman–Crippen LogP) is 3.71. The maximum atomic E-state index is 11.7. The van der Waals surface area contributed by atoms with Crippen LogP contribution >= 0.6 is 15.9 Å². The van der Waals surface area contributed by atoms with E-state index in [1.165, 1.54) is 0 Å². The van der Waals surface area contributed by atoms with E-state index in [2.05, 4.69) is 15.9 Å². The van der Waals surface area contributed by atoms with Crippen LogP contribution in [0.4, 0.5) is 0 Å². The second-order valence-electron chi connectivity index (χ2n) is 3.55. The lowest BCUT2D eigenvalue weighted by Crippen LogP contribution is -1.99. The van der Waals surface area contributed by atoms with Crippen LogP contribution in [0.15, 0.2) is 56.1 Å². The minimum atomic E-state index is -0.291. The third-order valence-electron chi connectivity index (χ3n) is 2.59. The fraction of sp³-hybridized carbons (Fsp3) is 0. The van der Waals surface area contributed by atoms with Crippen LogP contribution in [0.3, 0.4) is 0 Å². The van der Waals surface area contributed by atoms with E-state index in [0.29, 0.717) is 11.0 Å².